The van der Waals surface area contributed by atoms with Crippen molar-refractivity contribution < 1.29 is 34.2 Å². The molecule has 1 fully saturated rings. The number of hydrogen-bond acceptors (Lipinski definition) is 7. The molecule has 2 unspecified atom stereocenters. The van der Waals surface area contributed by atoms with Gasteiger partial charge >= 0.3 is 5.97 Å². The van der Waals surface area contributed by atoms with Gasteiger partial charge in [0.05, 0.1) is 16.8 Å². The minimum Gasteiger partial charge on any atom is -0.480 e. The summed E-state index contributed by atoms with van der Waals surface area (Å²) < 4.78 is 0. The fraction of sp³-hybridized carbons (Fsp3) is 0.269. The van der Waals surface area contributed by atoms with Gasteiger partial charge in [0.2, 0.25) is 0 Å². The summed E-state index contributed by atoms with van der Waals surface area (Å²) in [6.07, 6.45) is -0.516. The Balaban J connectivity index is 1.44. The van der Waals surface area contributed by atoms with Crippen LogP contribution >= 0.6 is 0 Å². The summed E-state index contributed by atoms with van der Waals surface area (Å²) in [7, 11) is 1.30. The number of ketones is 1. The summed E-state index contributed by atoms with van der Waals surface area (Å²) >= 11 is 0. The minimum absolute atomic E-state index is 0.100. The van der Waals surface area contributed by atoms with E-state index in [4.69, 9.17) is 5.11 Å². The number of anilines is 1. The average Bonchev–Trinajstić information content (AvgIpc) is 3.37. The highest BCUT2D eigenvalue weighted by atomic mass is 16.4. The molecule has 198 valence electrons. The third-order valence-electron chi connectivity index (χ3n) is 6.45. The number of rotatable bonds is 8. The number of carboxylic acids is 1. The van der Waals surface area contributed by atoms with Crippen LogP contribution in [0.2, 0.25) is 0 Å². The van der Waals surface area contributed by atoms with Gasteiger partial charge in [-0.1, -0.05) is 30.3 Å². The first-order chi connectivity index (χ1) is 18.2. The fourth-order valence-electron chi connectivity index (χ4n) is 4.36. The Morgan fingerprint density at radius 3 is 2.21 bits per heavy atom. The topological polar surface area (TPSA) is 172 Å². The highest BCUT2D eigenvalue weighted by Gasteiger charge is 2.32. The van der Waals surface area contributed by atoms with Crippen molar-refractivity contribution in [2.45, 2.75) is 12.1 Å². The number of carbonyl (C=O) groups is 5. The van der Waals surface area contributed by atoms with E-state index >= 15 is 0 Å². The normalized spacial score (nSPS) is 15.1. The van der Waals surface area contributed by atoms with Gasteiger partial charge in [-0.05, 0) is 25.2 Å². The van der Waals surface area contributed by atoms with Gasteiger partial charge in [-0.3, -0.25) is 24.0 Å². The summed E-state index contributed by atoms with van der Waals surface area (Å²) in [4.78, 5) is 68.4. The highest BCUT2D eigenvalue weighted by molar-refractivity contribution is 6.45. The third-order valence-corrected chi connectivity index (χ3v) is 6.45. The van der Waals surface area contributed by atoms with Crippen molar-refractivity contribution in [2.24, 2.45) is 0 Å². The fourth-order valence-corrected chi connectivity index (χ4v) is 4.36. The van der Waals surface area contributed by atoms with Crippen LogP contribution in [0.5, 0.6) is 0 Å². The van der Waals surface area contributed by atoms with Gasteiger partial charge in [-0.2, -0.15) is 0 Å². The largest absolute Gasteiger partial charge is 0.480 e. The molecule has 1 aliphatic rings. The third kappa shape index (κ3) is 5.26. The molecule has 0 radical (unpaired) electrons. The Hall–Kier alpha value is -4.55. The molecule has 2 atom stereocenters. The maximum atomic E-state index is 13.1. The second kappa shape index (κ2) is 11.2. The Bertz CT molecular complexity index is 1380. The molecule has 2 aromatic carbocycles. The Kier molecular flexibility index (Phi) is 7.84. The quantitative estimate of drug-likeness (QED) is 0.208. The van der Waals surface area contributed by atoms with E-state index in [1.165, 1.54) is 24.2 Å². The van der Waals surface area contributed by atoms with Crippen LogP contribution in [0.15, 0.2) is 54.7 Å². The number of para-hydroxylation sites is 1. The van der Waals surface area contributed by atoms with Crippen molar-refractivity contribution in [1.29, 1.82) is 0 Å². The number of amides is 3. The van der Waals surface area contributed by atoms with Gasteiger partial charge in [0.15, 0.2) is 6.10 Å². The monoisotopic (exact) mass is 521 g/mol. The molecule has 0 aliphatic carbocycles. The Morgan fingerprint density at radius 2 is 1.58 bits per heavy atom. The van der Waals surface area contributed by atoms with Crippen LogP contribution in [0.3, 0.4) is 0 Å². The smallest absolute Gasteiger partial charge is 0.323 e. The van der Waals surface area contributed by atoms with E-state index in [1.54, 1.807) is 41.3 Å². The van der Waals surface area contributed by atoms with Gasteiger partial charge < -0.3 is 35.6 Å². The summed E-state index contributed by atoms with van der Waals surface area (Å²) in [6.45, 7) is 1.01. The number of Topliss-reactive ketones (excluding diaryl/α,β-unsaturated/α-hetero) is 1. The van der Waals surface area contributed by atoms with E-state index in [1.807, 2.05) is 6.07 Å². The van der Waals surface area contributed by atoms with Crippen LogP contribution in [-0.2, 0) is 14.4 Å². The number of aliphatic hydroxyl groups is 1. The molecule has 5 N–H and O–H groups in total. The van der Waals surface area contributed by atoms with Gasteiger partial charge in [-0.15, -0.1) is 0 Å². The van der Waals surface area contributed by atoms with E-state index in [2.05, 4.69) is 15.6 Å². The molecule has 38 heavy (non-hydrogen) atoms. The van der Waals surface area contributed by atoms with Crippen LogP contribution in [0.25, 0.3) is 10.9 Å². The van der Waals surface area contributed by atoms with Crippen molar-refractivity contribution in [3.05, 3.63) is 65.9 Å². The number of carbonyl (C=O) groups excluding carboxylic acids is 4. The molecular formula is C26H27N5O7. The molecule has 1 aromatic heterocycles. The zero-order chi connectivity index (χ0) is 27.4. The van der Waals surface area contributed by atoms with Gasteiger partial charge in [0, 0.05) is 43.3 Å². The summed E-state index contributed by atoms with van der Waals surface area (Å²) in [5.41, 5.74) is 1.19. The first-order valence-electron chi connectivity index (χ1n) is 11.9. The lowest BCUT2D eigenvalue weighted by molar-refractivity contribution is -0.145. The second-order valence-electron chi connectivity index (χ2n) is 8.75. The van der Waals surface area contributed by atoms with Crippen LogP contribution in [-0.4, -0.2) is 99.8 Å². The van der Waals surface area contributed by atoms with E-state index in [0.29, 0.717) is 29.6 Å². The Morgan fingerprint density at radius 1 is 0.921 bits per heavy atom. The van der Waals surface area contributed by atoms with Gasteiger partial charge in [0.1, 0.15) is 6.04 Å². The van der Waals surface area contributed by atoms with Crippen LogP contribution < -0.4 is 10.6 Å². The number of likely N-dealkylation sites (N-methyl/N-ethyl adjacent to an activating group) is 1. The number of fused-ring (bicyclic) bond motifs is 1. The van der Waals surface area contributed by atoms with Crippen molar-refractivity contribution in [1.82, 2.24) is 20.1 Å². The van der Waals surface area contributed by atoms with E-state index < -0.39 is 35.7 Å². The predicted molar refractivity (Wildman–Crippen MR) is 137 cm³/mol. The lowest BCUT2D eigenvalue weighted by atomic mass is 10.1. The lowest BCUT2D eigenvalue weighted by Gasteiger charge is -2.34. The zero-order valence-corrected chi connectivity index (χ0v) is 20.5. The van der Waals surface area contributed by atoms with Crippen molar-refractivity contribution in [3.8, 4) is 0 Å². The molecule has 12 nitrogen and oxygen atoms in total. The predicted octanol–water partition coefficient (Wildman–Crippen LogP) is 0.307. The molecule has 2 heterocycles. The molecule has 0 spiro atoms. The molecule has 12 heteroatoms. The molecule has 3 aromatic rings. The first-order valence-corrected chi connectivity index (χ1v) is 11.9. The lowest BCUT2D eigenvalue weighted by Crippen LogP contribution is -2.52. The maximum Gasteiger partial charge on any atom is 0.323 e. The van der Waals surface area contributed by atoms with E-state index in [-0.39, 0.29) is 30.2 Å². The number of nitrogens with zero attached hydrogens (tertiary/aromatic N) is 2. The number of aliphatic hydroxyl groups excluding tert-OH is 1. The number of hydrogen-bond donors (Lipinski definition) is 5. The van der Waals surface area contributed by atoms with Crippen molar-refractivity contribution in [3.63, 3.8) is 0 Å². The maximum absolute atomic E-state index is 13.1. The molecular weight excluding hydrogens is 494 g/mol. The van der Waals surface area contributed by atoms with Crippen LogP contribution in [0, 0.1) is 0 Å². The molecule has 0 saturated carbocycles. The van der Waals surface area contributed by atoms with E-state index in [0.717, 1.165) is 0 Å². The Labute approximate surface area is 217 Å². The summed E-state index contributed by atoms with van der Waals surface area (Å²) in [6, 6.07) is 12.0. The highest BCUT2D eigenvalue weighted by Crippen LogP contribution is 2.26. The minimum atomic E-state index is -1.88. The van der Waals surface area contributed by atoms with Crippen molar-refractivity contribution in [2.75, 3.05) is 38.5 Å². The van der Waals surface area contributed by atoms with Gasteiger partial charge in [0.25, 0.3) is 23.5 Å². The van der Waals surface area contributed by atoms with Crippen LogP contribution in [0.1, 0.15) is 20.7 Å². The SMILES string of the molecule is CNC(C(=O)O)C(O)C(=O)Nc1cccc2c(C(=O)C(=O)N3CCN(C(=O)c4ccccc4)CC3)c[nH]c12. The van der Waals surface area contributed by atoms with Crippen LogP contribution in [0.4, 0.5) is 5.69 Å². The zero-order valence-electron chi connectivity index (χ0n) is 20.5. The van der Waals surface area contributed by atoms with Crippen molar-refractivity contribution >= 4 is 46.1 Å². The summed E-state index contributed by atoms with van der Waals surface area (Å²) in [5.74, 6) is -3.94. The number of aromatic nitrogens is 1. The number of carboxylic acid groups (broad SMARTS) is 1. The number of H-pyrrole nitrogens is 1. The van der Waals surface area contributed by atoms with Gasteiger partial charge in [-0.25, -0.2) is 0 Å². The van der Waals surface area contributed by atoms with E-state index in [9.17, 15) is 29.1 Å². The number of aromatic amines is 1. The molecule has 0 bridgehead atoms. The summed E-state index contributed by atoms with van der Waals surface area (Å²) in [5, 5.41) is 24.5. The number of piperazine rings is 1. The second-order valence-corrected chi connectivity index (χ2v) is 8.75. The standard InChI is InChI=1S/C26H27N5O7/c1-27-20(26(37)38)22(33)23(34)29-18-9-5-8-16-17(14-28-19(16)18)21(32)25(36)31-12-10-30(11-13-31)24(35)15-6-3-2-4-7-15/h2-9,14,20,22,27-28,33H,10-13H2,1H3,(H,29,34)(H,37,38). The average molecular weight is 522 g/mol. The molecule has 1 saturated heterocycles. The number of aliphatic carboxylic acids is 1. The number of benzene rings is 2. The molecule has 3 amide bonds. The first kappa shape index (κ1) is 26.5. The molecule has 4 rings (SSSR count). The molecule has 1 aliphatic heterocycles. The number of nitrogens with one attached hydrogen (secondary N) is 3.